The van der Waals surface area contributed by atoms with Crippen molar-refractivity contribution in [1.82, 2.24) is 5.32 Å². The molecule has 1 amide bonds. The predicted molar refractivity (Wildman–Crippen MR) is 75.8 cm³/mol. The molecule has 0 aliphatic heterocycles. The van der Waals surface area contributed by atoms with Crippen molar-refractivity contribution in [3.05, 3.63) is 34.4 Å². The van der Waals surface area contributed by atoms with Crippen LogP contribution in [0.15, 0.2) is 12.1 Å². The van der Waals surface area contributed by atoms with E-state index in [0.717, 1.165) is 0 Å². The summed E-state index contributed by atoms with van der Waals surface area (Å²) in [6.45, 7) is 11.3. The van der Waals surface area contributed by atoms with Crippen LogP contribution in [0.5, 0.6) is 0 Å². The number of thiol groups is 1. The second-order valence-electron chi connectivity index (χ2n) is 5.50. The minimum absolute atomic E-state index is 0.154. The molecule has 0 unspecified atom stereocenters. The Kier molecular flexibility index (Phi) is 4.26. The van der Waals surface area contributed by atoms with E-state index in [4.69, 9.17) is 0 Å². The predicted octanol–water partition coefficient (Wildman–Crippen LogP) is 3.74. The molecule has 1 N–H and O–H groups in total. The number of carbonyl (C=O) groups excluding carboxylic acids is 1. The Balaban J connectivity index is 3.07. The lowest BCUT2D eigenvalue weighted by Gasteiger charge is -2.22. The first-order valence-corrected chi connectivity index (χ1v) is 6.24. The maximum Gasteiger partial charge on any atom is 0.276 e. The fraction of sp³-hybridized carbons (Fsp3) is 0.500. The average Bonchev–Trinajstić information content (AvgIpc) is 2.14. The van der Waals surface area contributed by atoms with Crippen molar-refractivity contribution >= 4 is 17.9 Å². The third kappa shape index (κ3) is 3.77. The highest BCUT2D eigenvalue weighted by Crippen LogP contribution is 2.26. The lowest BCUT2D eigenvalue weighted by atomic mass is 9.84. The molecule has 0 aromatic heterocycles. The summed E-state index contributed by atoms with van der Waals surface area (Å²) in [5.41, 5.74) is 5.10. The molecule has 0 fully saturated rings. The molecule has 0 bridgehead atoms. The van der Waals surface area contributed by atoms with Gasteiger partial charge >= 0.3 is 0 Å². The molecule has 2 nitrogen and oxygen atoms in total. The quantitative estimate of drug-likeness (QED) is 0.770. The Morgan fingerprint density at radius 1 is 1.24 bits per heavy atom. The van der Waals surface area contributed by atoms with Gasteiger partial charge in [-0.1, -0.05) is 45.5 Å². The molecule has 0 heterocycles. The second kappa shape index (κ2) is 5.13. The van der Waals surface area contributed by atoms with Crippen molar-refractivity contribution in [3.8, 4) is 0 Å². The average molecular weight is 251 g/mol. The van der Waals surface area contributed by atoms with Crippen LogP contribution in [0.3, 0.4) is 0 Å². The summed E-state index contributed by atoms with van der Waals surface area (Å²) in [5, 5.41) is 2.44. The zero-order valence-corrected chi connectivity index (χ0v) is 12.1. The number of amides is 1. The number of hydrogen-bond donors (Lipinski definition) is 2. The van der Waals surface area contributed by atoms with Crippen molar-refractivity contribution in [2.45, 2.75) is 46.6 Å². The van der Waals surface area contributed by atoms with E-state index in [2.05, 4.69) is 64.7 Å². The van der Waals surface area contributed by atoms with E-state index >= 15 is 0 Å². The molecular weight excluding hydrogens is 230 g/mol. The molecule has 0 atom stereocenters. The van der Waals surface area contributed by atoms with E-state index in [9.17, 15) is 4.79 Å². The molecule has 0 aliphatic rings. The number of aryl methyl sites for hydroxylation is 2. The summed E-state index contributed by atoms with van der Waals surface area (Å²) in [7, 11) is 0. The number of hydrogen-bond acceptors (Lipinski definition) is 1. The molecule has 0 aliphatic carbocycles. The van der Waals surface area contributed by atoms with Gasteiger partial charge in [0.1, 0.15) is 0 Å². The fourth-order valence-electron chi connectivity index (χ4n) is 1.87. The Labute approximate surface area is 109 Å². The van der Waals surface area contributed by atoms with Crippen molar-refractivity contribution in [2.75, 3.05) is 0 Å². The number of benzene rings is 1. The van der Waals surface area contributed by atoms with Gasteiger partial charge in [-0.2, -0.15) is 0 Å². The van der Waals surface area contributed by atoms with E-state index in [0.29, 0.717) is 6.54 Å². The van der Waals surface area contributed by atoms with Gasteiger partial charge in [0.25, 0.3) is 5.24 Å². The van der Waals surface area contributed by atoms with Gasteiger partial charge in [-0.05, 0) is 41.5 Å². The minimum atomic E-state index is -0.288. The first-order chi connectivity index (χ1) is 7.71. The van der Waals surface area contributed by atoms with Gasteiger partial charge in [-0.3, -0.25) is 4.79 Å². The smallest absolute Gasteiger partial charge is 0.276 e. The lowest BCUT2D eigenvalue weighted by Crippen LogP contribution is -2.18. The Hall–Kier alpha value is -0.960. The van der Waals surface area contributed by atoms with Crippen LogP contribution in [0.25, 0.3) is 0 Å². The Morgan fingerprint density at radius 3 is 2.06 bits per heavy atom. The fourth-order valence-corrected chi connectivity index (χ4v) is 1.95. The molecule has 0 saturated carbocycles. The standard InChI is InChI=1S/C14H21NOS/c1-9-6-11(14(3,4)5)7-10(2)12(9)8-15-13(16)17/h6-7H,8H2,1-5H3,(H2,15,16,17). The topological polar surface area (TPSA) is 29.1 Å². The first-order valence-electron chi connectivity index (χ1n) is 5.79. The van der Waals surface area contributed by atoms with Crippen molar-refractivity contribution in [3.63, 3.8) is 0 Å². The minimum Gasteiger partial charge on any atom is -0.343 e. The Bertz CT molecular complexity index is 409. The molecule has 1 aromatic rings. The van der Waals surface area contributed by atoms with Crippen LogP contribution in [0.4, 0.5) is 4.79 Å². The van der Waals surface area contributed by atoms with Gasteiger partial charge in [-0.15, -0.1) is 0 Å². The van der Waals surface area contributed by atoms with E-state index in [1.165, 1.54) is 22.3 Å². The van der Waals surface area contributed by atoms with Gasteiger partial charge in [0.2, 0.25) is 0 Å². The summed E-state index contributed by atoms with van der Waals surface area (Å²) in [4.78, 5) is 10.8. The molecule has 1 aromatic carbocycles. The molecule has 94 valence electrons. The summed E-state index contributed by atoms with van der Waals surface area (Å²) >= 11 is 3.71. The summed E-state index contributed by atoms with van der Waals surface area (Å²) in [5.74, 6) is 0. The molecule has 0 spiro atoms. The van der Waals surface area contributed by atoms with Gasteiger partial charge in [-0.25, -0.2) is 0 Å². The van der Waals surface area contributed by atoms with E-state index in [1.54, 1.807) is 0 Å². The zero-order valence-electron chi connectivity index (χ0n) is 11.2. The maximum absolute atomic E-state index is 10.8. The monoisotopic (exact) mass is 251 g/mol. The third-order valence-electron chi connectivity index (χ3n) is 2.98. The summed E-state index contributed by atoms with van der Waals surface area (Å²) in [6.07, 6.45) is 0. The Morgan fingerprint density at radius 2 is 1.71 bits per heavy atom. The van der Waals surface area contributed by atoms with Gasteiger partial charge in [0.05, 0.1) is 0 Å². The van der Waals surface area contributed by atoms with Crippen LogP contribution in [0, 0.1) is 13.8 Å². The molecule has 0 saturated heterocycles. The van der Waals surface area contributed by atoms with E-state index in [-0.39, 0.29) is 10.7 Å². The van der Waals surface area contributed by atoms with Crippen LogP contribution in [0.2, 0.25) is 0 Å². The van der Waals surface area contributed by atoms with Crippen LogP contribution in [0.1, 0.15) is 43.0 Å². The highest BCUT2D eigenvalue weighted by Gasteiger charge is 2.16. The van der Waals surface area contributed by atoms with Gasteiger partial charge < -0.3 is 5.32 Å². The van der Waals surface area contributed by atoms with Crippen molar-refractivity contribution in [1.29, 1.82) is 0 Å². The second-order valence-corrected chi connectivity index (χ2v) is 5.90. The van der Waals surface area contributed by atoms with Crippen molar-refractivity contribution in [2.24, 2.45) is 0 Å². The highest BCUT2D eigenvalue weighted by atomic mass is 32.1. The number of nitrogens with one attached hydrogen (secondary N) is 1. The van der Waals surface area contributed by atoms with Crippen molar-refractivity contribution < 1.29 is 4.79 Å². The third-order valence-corrected chi connectivity index (χ3v) is 3.14. The number of carbonyl (C=O) groups is 1. The summed E-state index contributed by atoms with van der Waals surface area (Å²) < 4.78 is 0. The van der Waals surface area contributed by atoms with Crippen LogP contribution in [-0.2, 0) is 12.0 Å². The molecular formula is C14H21NOS. The van der Waals surface area contributed by atoms with E-state index < -0.39 is 0 Å². The van der Waals surface area contributed by atoms with Crippen LogP contribution >= 0.6 is 12.6 Å². The SMILES string of the molecule is Cc1cc(C(C)(C)C)cc(C)c1CNC(=O)S. The summed E-state index contributed by atoms with van der Waals surface area (Å²) in [6, 6.07) is 4.40. The van der Waals surface area contributed by atoms with Gasteiger partial charge in [0.15, 0.2) is 0 Å². The zero-order chi connectivity index (χ0) is 13.2. The lowest BCUT2D eigenvalue weighted by molar-refractivity contribution is 0.260. The van der Waals surface area contributed by atoms with Crippen LogP contribution < -0.4 is 5.32 Å². The normalized spacial score (nSPS) is 11.4. The van der Waals surface area contributed by atoms with Crippen LogP contribution in [-0.4, -0.2) is 5.24 Å². The largest absolute Gasteiger partial charge is 0.343 e. The molecule has 0 radical (unpaired) electrons. The molecule has 17 heavy (non-hydrogen) atoms. The van der Waals surface area contributed by atoms with E-state index in [1.807, 2.05) is 0 Å². The first kappa shape index (κ1) is 14.1. The maximum atomic E-state index is 10.8. The molecule has 1 rings (SSSR count). The number of rotatable bonds is 2. The van der Waals surface area contributed by atoms with Gasteiger partial charge in [0, 0.05) is 6.54 Å². The molecule has 3 heteroatoms. The highest BCUT2D eigenvalue weighted by molar-refractivity contribution is 7.96.